The Bertz CT molecular complexity index is 1380. The summed E-state index contributed by atoms with van der Waals surface area (Å²) in [6.45, 7) is 4.22. The minimum absolute atomic E-state index is 0.0466. The molecule has 1 aromatic carbocycles. The largest absolute Gasteiger partial charge is 0.434 e. The summed E-state index contributed by atoms with van der Waals surface area (Å²) in [4.78, 5) is 4.22. The van der Waals surface area contributed by atoms with E-state index in [1.807, 2.05) is 0 Å². The van der Waals surface area contributed by atoms with Crippen LogP contribution in [0, 0.1) is 0 Å². The summed E-state index contributed by atoms with van der Waals surface area (Å²) in [7, 11) is -1.33. The number of aliphatic hydroxyl groups is 1. The Kier molecular flexibility index (Phi) is 8.34. The topological polar surface area (TPSA) is 98.7 Å². The van der Waals surface area contributed by atoms with E-state index in [0.29, 0.717) is 34.4 Å². The molecule has 1 unspecified atom stereocenters. The third-order valence-electron chi connectivity index (χ3n) is 5.39. The Morgan fingerprint density at radius 2 is 1.92 bits per heavy atom. The lowest BCUT2D eigenvalue weighted by Crippen LogP contribution is -2.22. The number of nitrogens with one attached hydrogen (secondary N) is 1. The van der Waals surface area contributed by atoms with Gasteiger partial charge in [0.25, 0.3) is 0 Å². The summed E-state index contributed by atoms with van der Waals surface area (Å²) in [5.41, 5.74) is 1.69. The van der Waals surface area contributed by atoms with Gasteiger partial charge in [0.2, 0.25) is 0 Å². The number of anilines is 1. The molecule has 0 aliphatic rings. The van der Waals surface area contributed by atoms with Gasteiger partial charge in [0.15, 0.2) is 11.9 Å². The van der Waals surface area contributed by atoms with Gasteiger partial charge in [0, 0.05) is 25.3 Å². The molecule has 0 saturated carbocycles. The average Bonchev–Trinajstić information content (AvgIpc) is 3.40. The number of aliphatic hydroxyl groups excluding tert-OH is 1. The predicted molar refractivity (Wildman–Crippen MR) is 140 cm³/mol. The molecule has 37 heavy (non-hydrogen) atoms. The molecule has 3 aromatic heterocycles. The van der Waals surface area contributed by atoms with Crippen molar-refractivity contribution < 1.29 is 23.4 Å². The van der Waals surface area contributed by atoms with Gasteiger partial charge >= 0.3 is 6.61 Å². The standard InChI is InChI=1S/C23H26Cl2F2N6O3Si/c1-37(2,3)9-8-35-13-32-21(15-10-14(24)4-5-18(15)36-23(26)27)16(11-29-32)30-22(34)17-12-28-20-7-6-19(25)31-33(17)20/h4-7,10-12,22-23,30,34H,8-9,13H2,1-3H3. The second-order valence-electron chi connectivity index (χ2n) is 9.43. The van der Waals surface area contributed by atoms with Crippen LogP contribution < -0.4 is 10.1 Å². The molecule has 0 saturated heterocycles. The van der Waals surface area contributed by atoms with E-state index in [2.05, 4.69) is 40.1 Å². The highest BCUT2D eigenvalue weighted by molar-refractivity contribution is 6.76. The van der Waals surface area contributed by atoms with Crippen LogP contribution in [0.5, 0.6) is 5.75 Å². The Morgan fingerprint density at radius 3 is 2.65 bits per heavy atom. The molecule has 0 bridgehead atoms. The van der Waals surface area contributed by atoms with Crippen LogP contribution in [0.2, 0.25) is 35.9 Å². The van der Waals surface area contributed by atoms with E-state index in [4.69, 9.17) is 32.7 Å². The number of fused-ring (bicyclic) bond motifs is 1. The molecule has 4 rings (SSSR count). The zero-order valence-corrected chi connectivity index (χ0v) is 22.8. The van der Waals surface area contributed by atoms with Crippen molar-refractivity contribution >= 4 is 42.6 Å². The molecule has 14 heteroatoms. The number of halogens is 4. The van der Waals surface area contributed by atoms with Gasteiger partial charge in [-0.1, -0.05) is 42.8 Å². The van der Waals surface area contributed by atoms with Crippen molar-refractivity contribution in [3.8, 4) is 17.0 Å². The minimum atomic E-state index is -3.06. The number of ether oxygens (including phenoxy) is 2. The van der Waals surface area contributed by atoms with E-state index < -0.39 is 20.9 Å². The first-order chi connectivity index (χ1) is 17.5. The summed E-state index contributed by atoms with van der Waals surface area (Å²) >= 11 is 12.2. The maximum Gasteiger partial charge on any atom is 0.387 e. The average molecular weight is 571 g/mol. The van der Waals surface area contributed by atoms with E-state index in [1.165, 1.54) is 39.8 Å². The van der Waals surface area contributed by atoms with Gasteiger partial charge in [-0.05, 0) is 36.4 Å². The van der Waals surface area contributed by atoms with Crippen molar-refractivity contribution in [3.05, 3.63) is 58.6 Å². The second kappa shape index (κ2) is 11.3. The summed E-state index contributed by atoms with van der Waals surface area (Å²) in [6, 6.07) is 8.47. The Balaban J connectivity index is 1.70. The van der Waals surface area contributed by atoms with Crippen molar-refractivity contribution in [2.45, 2.75) is 45.3 Å². The SMILES string of the molecule is C[Si](C)(C)CCOCn1ncc(NC(O)c2cnc3ccc(Cl)nn23)c1-c1cc(Cl)ccc1OC(F)F. The number of hydrogen-bond donors (Lipinski definition) is 2. The molecular formula is C23H26Cl2F2N6O3Si. The Hall–Kier alpha value is -2.77. The molecule has 2 N–H and O–H groups in total. The second-order valence-corrected chi connectivity index (χ2v) is 15.9. The molecule has 198 valence electrons. The fraction of sp³-hybridized carbons (Fsp3) is 0.348. The molecule has 0 aliphatic heterocycles. The monoisotopic (exact) mass is 570 g/mol. The van der Waals surface area contributed by atoms with Crippen molar-refractivity contribution in [1.82, 2.24) is 24.4 Å². The maximum absolute atomic E-state index is 13.2. The van der Waals surface area contributed by atoms with Crippen LogP contribution in [0.25, 0.3) is 16.9 Å². The van der Waals surface area contributed by atoms with Gasteiger partial charge in [-0.15, -0.1) is 0 Å². The van der Waals surface area contributed by atoms with Crippen LogP contribution >= 0.6 is 23.2 Å². The molecule has 0 amide bonds. The van der Waals surface area contributed by atoms with E-state index >= 15 is 0 Å². The van der Waals surface area contributed by atoms with E-state index in [9.17, 15) is 13.9 Å². The molecule has 4 aromatic rings. The number of aromatic nitrogens is 5. The van der Waals surface area contributed by atoms with Crippen LogP contribution in [0.3, 0.4) is 0 Å². The molecule has 0 fully saturated rings. The number of rotatable bonds is 11. The molecule has 1 atom stereocenters. The minimum Gasteiger partial charge on any atom is -0.434 e. The summed E-state index contributed by atoms with van der Waals surface area (Å²) < 4.78 is 39.9. The third-order valence-corrected chi connectivity index (χ3v) is 7.53. The molecule has 9 nitrogen and oxygen atoms in total. The van der Waals surface area contributed by atoms with Crippen molar-refractivity contribution in [1.29, 1.82) is 0 Å². The fourth-order valence-corrected chi connectivity index (χ4v) is 4.63. The number of nitrogens with zero attached hydrogens (tertiary/aromatic N) is 5. The highest BCUT2D eigenvalue weighted by Gasteiger charge is 2.23. The first kappa shape index (κ1) is 27.3. The maximum atomic E-state index is 13.2. The summed E-state index contributed by atoms with van der Waals surface area (Å²) in [6.07, 6.45) is 1.60. The van der Waals surface area contributed by atoms with E-state index in [0.717, 1.165) is 6.04 Å². The molecule has 0 spiro atoms. The summed E-state index contributed by atoms with van der Waals surface area (Å²) in [5, 5.41) is 23.0. The zero-order valence-electron chi connectivity index (χ0n) is 20.3. The van der Waals surface area contributed by atoms with E-state index in [1.54, 1.807) is 12.1 Å². The highest BCUT2D eigenvalue weighted by Crippen LogP contribution is 2.39. The number of benzene rings is 1. The van der Waals surface area contributed by atoms with Gasteiger partial charge in [-0.2, -0.15) is 19.0 Å². The van der Waals surface area contributed by atoms with Gasteiger partial charge in [0.05, 0.1) is 23.8 Å². The lowest BCUT2D eigenvalue weighted by atomic mass is 10.1. The van der Waals surface area contributed by atoms with Gasteiger partial charge in [-0.25, -0.2) is 14.2 Å². The van der Waals surface area contributed by atoms with Crippen LogP contribution in [0.4, 0.5) is 14.5 Å². The number of hydrogen-bond acceptors (Lipinski definition) is 7. The van der Waals surface area contributed by atoms with Crippen LogP contribution in [0.15, 0.2) is 42.7 Å². The first-order valence-electron chi connectivity index (χ1n) is 11.3. The lowest BCUT2D eigenvalue weighted by molar-refractivity contribution is -0.0494. The Morgan fingerprint density at radius 1 is 1.14 bits per heavy atom. The number of imidazole rings is 1. The van der Waals surface area contributed by atoms with Crippen molar-refractivity contribution in [3.63, 3.8) is 0 Å². The first-order valence-corrected chi connectivity index (χ1v) is 15.8. The molecular weight excluding hydrogens is 545 g/mol. The van der Waals surface area contributed by atoms with Gasteiger partial charge in [-0.3, -0.25) is 0 Å². The highest BCUT2D eigenvalue weighted by atomic mass is 35.5. The molecule has 0 radical (unpaired) electrons. The quantitative estimate of drug-likeness (QED) is 0.131. The smallest absolute Gasteiger partial charge is 0.387 e. The molecule has 3 heterocycles. The lowest BCUT2D eigenvalue weighted by Gasteiger charge is -2.18. The van der Waals surface area contributed by atoms with Crippen LogP contribution in [0.1, 0.15) is 11.9 Å². The van der Waals surface area contributed by atoms with Gasteiger partial charge in [0.1, 0.15) is 23.3 Å². The third kappa shape index (κ3) is 6.76. The molecule has 0 aliphatic carbocycles. The summed E-state index contributed by atoms with van der Waals surface area (Å²) in [5.74, 6) is -0.107. The zero-order chi connectivity index (χ0) is 26.7. The van der Waals surface area contributed by atoms with Gasteiger partial charge < -0.3 is 19.9 Å². The van der Waals surface area contributed by atoms with Crippen LogP contribution in [-0.2, 0) is 11.5 Å². The van der Waals surface area contributed by atoms with Crippen molar-refractivity contribution in [2.75, 3.05) is 11.9 Å². The Labute approximate surface area is 222 Å². The van der Waals surface area contributed by atoms with Crippen LogP contribution in [-0.4, -0.2) is 50.8 Å². The predicted octanol–water partition coefficient (Wildman–Crippen LogP) is 5.92. The van der Waals surface area contributed by atoms with E-state index in [-0.39, 0.29) is 23.2 Å². The normalized spacial score (nSPS) is 12.9. The van der Waals surface area contributed by atoms with Crippen molar-refractivity contribution in [2.24, 2.45) is 0 Å². The fourth-order valence-electron chi connectivity index (χ4n) is 3.56. The number of alkyl halides is 2.